The number of nitrogens with one attached hydrogen (secondary N) is 1. The van der Waals surface area contributed by atoms with Gasteiger partial charge in [-0.1, -0.05) is 53.7 Å². The summed E-state index contributed by atoms with van der Waals surface area (Å²) in [6.07, 6.45) is 0. The van der Waals surface area contributed by atoms with Crippen LogP contribution in [0.4, 0.5) is 5.13 Å². The van der Waals surface area contributed by atoms with Crippen molar-refractivity contribution in [3.63, 3.8) is 0 Å². The van der Waals surface area contributed by atoms with Crippen LogP contribution in [0.5, 0.6) is 5.75 Å². The number of thiazole rings is 1. The van der Waals surface area contributed by atoms with Crippen molar-refractivity contribution in [1.82, 2.24) is 19.7 Å². The first-order valence-corrected chi connectivity index (χ1v) is 12.3. The molecule has 0 aliphatic heterocycles. The molecule has 170 valence electrons. The maximum Gasteiger partial charge on any atom is 0.236 e. The van der Waals surface area contributed by atoms with E-state index in [9.17, 15) is 4.79 Å². The Morgan fingerprint density at radius 1 is 1.09 bits per heavy atom. The van der Waals surface area contributed by atoms with Gasteiger partial charge in [0, 0.05) is 18.0 Å². The van der Waals surface area contributed by atoms with Crippen molar-refractivity contribution in [1.29, 1.82) is 0 Å². The molecule has 0 aliphatic carbocycles. The molecule has 0 radical (unpaired) electrons. The monoisotopic (exact) mass is 479 g/mol. The Bertz CT molecular complexity index is 1260. The summed E-state index contributed by atoms with van der Waals surface area (Å²) in [7, 11) is 1.87. The molecule has 9 heteroatoms. The normalized spacial score (nSPS) is 10.9. The second kappa shape index (κ2) is 10.2. The number of anilines is 1. The minimum atomic E-state index is -0.138. The molecule has 0 atom stereocenters. The third-order valence-electron chi connectivity index (χ3n) is 5.06. The Kier molecular flexibility index (Phi) is 7.10. The Labute approximate surface area is 201 Å². The fourth-order valence-electron chi connectivity index (χ4n) is 3.08. The van der Waals surface area contributed by atoms with Crippen LogP contribution in [0.1, 0.15) is 22.5 Å². The second-order valence-corrected chi connectivity index (χ2v) is 9.56. The molecular weight excluding hydrogens is 454 g/mol. The van der Waals surface area contributed by atoms with Crippen LogP contribution in [0.15, 0.2) is 53.0 Å². The van der Waals surface area contributed by atoms with E-state index in [2.05, 4.69) is 26.6 Å². The number of carbonyl (C=O) groups is 1. The number of carbonyl (C=O) groups excluding carboxylic acids is 1. The molecular formula is C24H25N5O2S2. The number of ether oxygens (including phenoxy) is 1. The molecule has 4 aromatic rings. The maximum atomic E-state index is 12.4. The molecule has 0 fully saturated rings. The van der Waals surface area contributed by atoms with E-state index in [-0.39, 0.29) is 11.7 Å². The van der Waals surface area contributed by atoms with Crippen LogP contribution in [0.25, 0.3) is 11.3 Å². The molecule has 7 nitrogen and oxygen atoms in total. The summed E-state index contributed by atoms with van der Waals surface area (Å²) >= 11 is 2.74. The summed E-state index contributed by atoms with van der Waals surface area (Å²) in [4.78, 5) is 16.9. The SMILES string of the molecule is Cc1ccc(-c2csc(NC(=O)CSc3nnc(COc4cc(C)ccc4C)n3C)n2)cc1. The number of hydrogen-bond acceptors (Lipinski definition) is 7. The quantitative estimate of drug-likeness (QED) is 0.351. The summed E-state index contributed by atoms with van der Waals surface area (Å²) in [6, 6.07) is 14.3. The van der Waals surface area contributed by atoms with Crippen LogP contribution in [-0.2, 0) is 18.4 Å². The van der Waals surface area contributed by atoms with E-state index >= 15 is 0 Å². The van der Waals surface area contributed by atoms with Gasteiger partial charge in [-0.2, -0.15) is 0 Å². The van der Waals surface area contributed by atoms with Gasteiger partial charge in [-0.3, -0.25) is 4.79 Å². The van der Waals surface area contributed by atoms with E-state index in [1.54, 1.807) is 0 Å². The number of amides is 1. The molecule has 0 spiro atoms. The lowest BCUT2D eigenvalue weighted by atomic mass is 10.1. The predicted octanol–water partition coefficient (Wildman–Crippen LogP) is 5.17. The second-order valence-electron chi connectivity index (χ2n) is 7.76. The van der Waals surface area contributed by atoms with Gasteiger partial charge in [0.1, 0.15) is 12.4 Å². The number of aryl methyl sites for hydroxylation is 3. The number of hydrogen-bond donors (Lipinski definition) is 1. The zero-order valence-corrected chi connectivity index (χ0v) is 20.6. The van der Waals surface area contributed by atoms with Gasteiger partial charge >= 0.3 is 0 Å². The molecule has 0 unspecified atom stereocenters. The highest BCUT2D eigenvalue weighted by atomic mass is 32.2. The highest BCUT2D eigenvalue weighted by molar-refractivity contribution is 7.99. The molecule has 0 aliphatic rings. The van der Waals surface area contributed by atoms with Gasteiger partial charge in [0.15, 0.2) is 16.1 Å². The Balaban J connectivity index is 1.30. The third kappa shape index (κ3) is 5.80. The molecule has 0 saturated heterocycles. The van der Waals surface area contributed by atoms with E-state index in [0.29, 0.717) is 22.7 Å². The predicted molar refractivity (Wildman–Crippen MR) is 133 cm³/mol. The Morgan fingerprint density at radius 2 is 1.85 bits per heavy atom. The van der Waals surface area contributed by atoms with E-state index in [1.807, 2.05) is 74.2 Å². The smallest absolute Gasteiger partial charge is 0.236 e. The first-order chi connectivity index (χ1) is 15.9. The van der Waals surface area contributed by atoms with Gasteiger partial charge in [-0.25, -0.2) is 4.98 Å². The van der Waals surface area contributed by atoms with Gasteiger partial charge in [0.25, 0.3) is 0 Å². The number of nitrogens with zero attached hydrogens (tertiary/aromatic N) is 4. The lowest BCUT2D eigenvalue weighted by molar-refractivity contribution is -0.113. The molecule has 2 heterocycles. The minimum Gasteiger partial charge on any atom is -0.485 e. The van der Waals surface area contributed by atoms with Crippen molar-refractivity contribution >= 4 is 34.1 Å². The van der Waals surface area contributed by atoms with Gasteiger partial charge in [0.05, 0.1) is 11.4 Å². The number of aromatic nitrogens is 4. The van der Waals surface area contributed by atoms with Gasteiger partial charge in [-0.05, 0) is 38.0 Å². The van der Waals surface area contributed by atoms with Crippen molar-refractivity contribution in [2.24, 2.45) is 7.05 Å². The molecule has 0 bridgehead atoms. The molecule has 1 N–H and O–H groups in total. The zero-order valence-electron chi connectivity index (χ0n) is 19.0. The van der Waals surface area contributed by atoms with E-state index < -0.39 is 0 Å². The fourth-order valence-corrected chi connectivity index (χ4v) is 4.54. The van der Waals surface area contributed by atoms with Gasteiger partial charge in [-0.15, -0.1) is 21.5 Å². The number of rotatable bonds is 8. The Hall–Kier alpha value is -3.17. The maximum absolute atomic E-state index is 12.4. The average molecular weight is 480 g/mol. The highest BCUT2D eigenvalue weighted by Gasteiger charge is 2.14. The van der Waals surface area contributed by atoms with Crippen LogP contribution in [0.3, 0.4) is 0 Å². The lowest BCUT2D eigenvalue weighted by Gasteiger charge is -2.09. The van der Waals surface area contributed by atoms with Crippen molar-refractivity contribution in [3.8, 4) is 17.0 Å². The van der Waals surface area contributed by atoms with E-state index in [0.717, 1.165) is 28.1 Å². The number of thioether (sulfide) groups is 1. The third-order valence-corrected chi connectivity index (χ3v) is 6.83. The highest BCUT2D eigenvalue weighted by Crippen LogP contribution is 2.26. The summed E-state index contributed by atoms with van der Waals surface area (Å²) < 4.78 is 7.78. The zero-order chi connectivity index (χ0) is 23.4. The van der Waals surface area contributed by atoms with Crippen molar-refractivity contribution in [2.45, 2.75) is 32.5 Å². The van der Waals surface area contributed by atoms with Crippen molar-refractivity contribution in [2.75, 3.05) is 11.1 Å². The Morgan fingerprint density at radius 3 is 2.64 bits per heavy atom. The molecule has 1 amide bonds. The summed E-state index contributed by atoms with van der Waals surface area (Å²) in [5.74, 6) is 1.60. The standard InChI is InChI=1S/C24H25N5O2S2/c1-15-6-9-18(10-7-15)19-13-32-23(25-19)26-22(30)14-33-24-28-27-21(29(24)4)12-31-20-11-16(2)5-8-17(20)3/h5-11,13H,12,14H2,1-4H3,(H,25,26,30). The largest absolute Gasteiger partial charge is 0.485 e. The first-order valence-electron chi connectivity index (χ1n) is 10.4. The van der Waals surface area contributed by atoms with Crippen LogP contribution >= 0.6 is 23.1 Å². The summed E-state index contributed by atoms with van der Waals surface area (Å²) in [6.45, 7) is 6.40. The molecule has 4 rings (SSSR count). The summed E-state index contributed by atoms with van der Waals surface area (Å²) in [5.41, 5.74) is 5.29. The van der Waals surface area contributed by atoms with Crippen molar-refractivity contribution in [3.05, 3.63) is 70.4 Å². The molecule has 33 heavy (non-hydrogen) atoms. The van der Waals surface area contributed by atoms with Gasteiger partial charge in [0.2, 0.25) is 5.91 Å². The van der Waals surface area contributed by atoms with Gasteiger partial charge < -0.3 is 14.6 Å². The number of benzene rings is 2. The minimum absolute atomic E-state index is 0.138. The van der Waals surface area contributed by atoms with Crippen LogP contribution < -0.4 is 10.1 Å². The lowest BCUT2D eigenvalue weighted by Crippen LogP contribution is -2.14. The van der Waals surface area contributed by atoms with E-state index in [1.165, 1.54) is 28.7 Å². The molecule has 0 saturated carbocycles. The van der Waals surface area contributed by atoms with Crippen LogP contribution in [-0.4, -0.2) is 31.4 Å². The molecule has 2 aromatic heterocycles. The van der Waals surface area contributed by atoms with Crippen LogP contribution in [0, 0.1) is 20.8 Å². The topological polar surface area (TPSA) is 81.9 Å². The molecule has 2 aromatic carbocycles. The first kappa shape index (κ1) is 23.0. The van der Waals surface area contributed by atoms with Crippen LogP contribution in [0.2, 0.25) is 0 Å². The summed E-state index contributed by atoms with van der Waals surface area (Å²) in [5, 5.41) is 14.5. The average Bonchev–Trinajstić information content (AvgIpc) is 3.40. The van der Waals surface area contributed by atoms with E-state index in [4.69, 9.17) is 4.74 Å². The van der Waals surface area contributed by atoms with Crippen molar-refractivity contribution < 1.29 is 9.53 Å². The fraction of sp³-hybridized carbons (Fsp3) is 0.250.